The number of carbonyl (C=O) groups is 1. The lowest BCUT2D eigenvalue weighted by atomic mass is 10.2. The van der Waals surface area contributed by atoms with E-state index in [9.17, 15) is 9.18 Å². The number of aromatic nitrogens is 1. The summed E-state index contributed by atoms with van der Waals surface area (Å²) in [5.74, 6) is -0.163. The van der Waals surface area contributed by atoms with Crippen LogP contribution in [-0.4, -0.2) is 41.6 Å². The van der Waals surface area contributed by atoms with Crippen LogP contribution in [0.4, 0.5) is 10.1 Å². The van der Waals surface area contributed by atoms with Gasteiger partial charge in [0.25, 0.3) is 0 Å². The van der Waals surface area contributed by atoms with Gasteiger partial charge >= 0.3 is 0 Å². The van der Waals surface area contributed by atoms with Crippen LogP contribution < -0.4 is 4.90 Å². The molecule has 1 aromatic heterocycles. The Kier molecular flexibility index (Phi) is 4.77. The van der Waals surface area contributed by atoms with E-state index in [0.29, 0.717) is 19.1 Å². The fraction of sp³-hybridized carbons (Fsp3) is 0.409. The second-order valence-electron chi connectivity index (χ2n) is 7.55. The summed E-state index contributed by atoms with van der Waals surface area (Å²) in [5.41, 5.74) is 4.67. The predicted molar refractivity (Wildman–Crippen MR) is 106 cm³/mol. The van der Waals surface area contributed by atoms with Gasteiger partial charge in [0.2, 0.25) is 5.91 Å². The number of benzene rings is 1. The van der Waals surface area contributed by atoms with Gasteiger partial charge < -0.3 is 14.4 Å². The van der Waals surface area contributed by atoms with E-state index in [2.05, 4.69) is 29.4 Å². The standard InChI is InChI=1S/C22H26FN3O/c1-16-15-18(17(2)26(16)21-8-9-21)3-10-22(27)25-13-11-24(12-14-25)20-6-4-19(23)5-7-20/h3-7,10,15,21H,8-9,11-14H2,1-2H3/b10-3+. The maximum absolute atomic E-state index is 13.1. The van der Waals surface area contributed by atoms with Crippen LogP contribution in [0.2, 0.25) is 0 Å². The zero-order valence-corrected chi connectivity index (χ0v) is 16.0. The van der Waals surface area contributed by atoms with E-state index in [-0.39, 0.29) is 11.7 Å². The molecule has 2 heterocycles. The third kappa shape index (κ3) is 3.77. The van der Waals surface area contributed by atoms with Crippen molar-refractivity contribution in [3.05, 3.63) is 59.2 Å². The molecule has 0 bridgehead atoms. The van der Waals surface area contributed by atoms with Crippen LogP contribution in [-0.2, 0) is 4.79 Å². The van der Waals surface area contributed by atoms with E-state index in [1.807, 2.05) is 11.0 Å². The molecule has 0 atom stereocenters. The lowest BCUT2D eigenvalue weighted by molar-refractivity contribution is -0.126. The molecule has 1 aliphatic carbocycles. The second-order valence-corrected chi connectivity index (χ2v) is 7.55. The molecule has 2 aromatic rings. The average molecular weight is 367 g/mol. The van der Waals surface area contributed by atoms with Gasteiger partial charge in [-0.15, -0.1) is 0 Å². The van der Waals surface area contributed by atoms with Crippen molar-refractivity contribution < 1.29 is 9.18 Å². The van der Waals surface area contributed by atoms with Gasteiger partial charge in [-0.25, -0.2) is 4.39 Å². The number of carbonyl (C=O) groups excluding carboxylic acids is 1. The summed E-state index contributed by atoms with van der Waals surface area (Å²) in [7, 11) is 0. The van der Waals surface area contributed by atoms with Gasteiger partial charge in [-0.05, 0) is 68.7 Å². The van der Waals surface area contributed by atoms with Crippen LogP contribution in [0.3, 0.4) is 0 Å². The summed E-state index contributed by atoms with van der Waals surface area (Å²) in [6, 6.07) is 9.37. The van der Waals surface area contributed by atoms with Gasteiger partial charge in [0.15, 0.2) is 0 Å². The molecular weight excluding hydrogens is 341 g/mol. The average Bonchev–Trinajstić information content (AvgIpc) is 3.46. The zero-order chi connectivity index (χ0) is 19.0. The Morgan fingerprint density at radius 1 is 1.07 bits per heavy atom. The Bertz CT molecular complexity index is 856. The largest absolute Gasteiger partial charge is 0.368 e. The fourth-order valence-corrected chi connectivity index (χ4v) is 3.97. The molecule has 5 heteroatoms. The lowest BCUT2D eigenvalue weighted by Gasteiger charge is -2.35. The summed E-state index contributed by atoms with van der Waals surface area (Å²) >= 11 is 0. The highest BCUT2D eigenvalue weighted by Gasteiger charge is 2.26. The minimum atomic E-state index is -0.223. The maximum Gasteiger partial charge on any atom is 0.246 e. The van der Waals surface area contributed by atoms with Crippen LogP contribution in [0.25, 0.3) is 6.08 Å². The van der Waals surface area contributed by atoms with Crippen molar-refractivity contribution in [2.45, 2.75) is 32.7 Å². The van der Waals surface area contributed by atoms with E-state index in [1.165, 1.54) is 36.4 Å². The quantitative estimate of drug-likeness (QED) is 0.766. The number of rotatable bonds is 4. The minimum absolute atomic E-state index is 0.0602. The first kappa shape index (κ1) is 17.8. The number of aryl methyl sites for hydroxylation is 1. The molecule has 0 radical (unpaired) electrons. The lowest BCUT2D eigenvalue weighted by Crippen LogP contribution is -2.48. The van der Waals surface area contributed by atoms with Gasteiger partial charge in [-0.2, -0.15) is 0 Å². The summed E-state index contributed by atoms with van der Waals surface area (Å²) in [6.07, 6.45) is 6.18. The molecule has 1 aromatic carbocycles. The molecule has 1 aliphatic heterocycles. The normalized spacial score (nSPS) is 17.7. The first-order chi connectivity index (χ1) is 13.0. The maximum atomic E-state index is 13.1. The van der Waals surface area contributed by atoms with Crippen LogP contribution in [0.1, 0.15) is 35.8 Å². The smallest absolute Gasteiger partial charge is 0.246 e. The summed E-state index contributed by atoms with van der Waals surface area (Å²) < 4.78 is 15.5. The molecule has 4 nitrogen and oxygen atoms in total. The molecule has 0 N–H and O–H groups in total. The third-order valence-corrected chi connectivity index (χ3v) is 5.62. The highest BCUT2D eigenvalue weighted by atomic mass is 19.1. The molecular formula is C22H26FN3O. The van der Waals surface area contributed by atoms with E-state index in [4.69, 9.17) is 0 Å². The molecule has 27 heavy (non-hydrogen) atoms. The molecule has 142 valence electrons. The van der Waals surface area contributed by atoms with Crippen molar-refractivity contribution >= 4 is 17.7 Å². The van der Waals surface area contributed by atoms with E-state index < -0.39 is 0 Å². The van der Waals surface area contributed by atoms with Crippen LogP contribution in [0.5, 0.6) is 0 Å². The van der Waals surface area contributed by atoms with Gasteiger partial charge in [-0.1, -0.05) is 0 Å². The fourth-order valence-electron chi connectivity index (χ4n) is 3.97. The Labute approximate surface area is 159 Å². The van der Waals surface area contributed by atoms with Gasteiger partial charge in [0.1, 0.15) is 5.82 Å². The topological polar surface area (TPSA) is 28.5 Å². The molecule has 1 saturated heterocycles. The van der Waals surface area contributed by atoms with Crippen molar-refractivity contribution in [1.29, 1.82) is 0 Å². The second kappa shape index (κ2) is 7.22. The van der Waals surface area contributed by atoms with Crippen LogP contribution in [0.15, 0.2) is 36.4 Å². The highest BCUT2D eigenvalue weighted by molar-refractivity contribution is 5.92. The number of anilines is 1. The Morgan fingerprint density at radius 2 is 1.74 bits per heavy atom. The Morgan fingerprint density at radius 3 is 2.37 bits per heavy atom. The summed E-state index contributed by atoms with van der Waals surface area (Å²) in [5, 5.41) is 0. The van der Waals surface area contributed by atoms with Crippen molar-refractivity contribution in [2.24, 2.45) is 0 Å². The summed E-state index contributed by atoms with van der Waals surface area (Å²) in [4.78, 5) is 16.6. The van der Waals surface area contributed by atoms with Gasteiger partial charge in [0, 0.05) is 55.4 Å². The molecule has 0 spiro atoms. The first-order valence-corrected chi connectivity index (χ1v) is 9.69. The van der Waals surface area contributed by atoms with Gasteiger partial charge in [0.05, 0.1) is 0 Å². The monoisotopic (exact) mass is 367 g/mol. The molecule has 4 rings (SSSR count). The minimum Gasteiger partial charge on any atom is -0.368 e. The Balaban J connectivity index is 1.36. The number of hydrogen-bond donors (Lipinski definition) is 0. The van der Waals surface area contributed by atoms with Crippen LogP contribution in [0, 0.1) is 19.7 Å². The van der Waals surface area contributed by atoms with E-state index >= 15 is 0 Å². The third-order valence-electron chi connectivity index (χ3n) is 5.62. The number of halogens is 1. The first-order valence-electron chi connectivity index (χ1n) is 9.69. The molecule has 2 aliphatic rings. The number of piperazine rings is 1. The molecule has 1 saturated carbocycles. The Hall–Kier alpha value is -2.56. The van der Waals surface area contributed by atoms with Crippen LogP contribution >= 0.6 is 0 Å². The van der Waals surface area contributed by atoms with E-state index in [0.717, 1.165) is 24.3 Å². The number of amides is 1. The van der Waals surface area contributed by atoms with Gasteiger partial charge in [-0.3, -0.25) is 4.79 Å². The molecule has 1 amide bonds. The highest BCUT2D eigenvalue weighted by Crippen LogP contribution is 2.38. The number of hydrogen-bond acceptors (Lipinski definition) is 2. The number of nitrogens with zero attached hydrogens (tertiary/aromatic N) is 3. The van der Waals surface area contributed by atoms with Crippen molar-refractivity contribution in [3.63, 3.8) is 0 Å². The predicted octanol–water partition coefficient (Wildman–Crippen LogP) is 3.94. The van der Waals surface area contributed by atoms with Crippen molar-refractivity contribution in [2.75, 3.05) is 31.1 Å². The summed E-state index contributed by atoms with van der Waals surface area (Å²) in [6.45, 7) is 7.17. The molecule has 2 fully saturated rings. The van der Waals surface area contributed by atoms with Crippen molar-refractivity contribution in [1.82, 2.24) is 9.47 Å². The SMILES string of the molecule is Cc1cc(/C=C/C(=O)N2CCN(c3ccc(F)cc3)CC2)c(C)n1C1CC1. The van der Waals surface area contributed by atoms with Crippen molar-refractivity contribution in [3.8, 4) is 0 Å². The van der Waals surface area contributed by atoms with E-state index in [1.54, 1.807) is 18.2 Å². The molecule has 0 unspecified atom stereocenters. The zero-order valence-electron chi connectivity index (χ0n) is 16.0.